The van der Waals surface area contributed by atoms with Gasteiger partial charge in [-0.15, -0.1) is 0 Å². The Labute approximate surface area is 94.3 Å². The third-order valence-electron chi connectivity index (χ3n) is 2.71. The van der Waals surface area contributed by atoms with Gasteiger partial charge in [0.05, 0.1) is 0 Å². The molecule has 0 spiro atoms. The number of rotatable bonds is 2. The molecule has 86 valence electrons. The van der Waals surface area contributed by atoms with Crippen molar-refractivity contribution in [3.05, 3.63) is 23.3 Å². The van der Waals surface area contributed by atoms with E-state index in [1.54, 1.807) is 13.0 Å². The molecule has 1 aliphatic carbocycles. The van der Waals surface area contributed by atoms with Crippen molar-refractivity contribution in [2.75, 3.05) is 0 Å². The topological polar surface area (TPSA) is 17.1 Å². The molecule has 0 aromatic rings. The number of hydrogen-bond donors (Lipinski definition) is 0. The molecule has 0 N–H and O–H groups in total. The van der Waals surface area contributed by atoms with Crippen LogP contribution in [0.1, 0.15) is 53.9 Å². The van der Waals surface area contributed by atoms with E-state index in [0.717, 1.165) is 0 Å². The summed E-state index contributed by atoms with van der Waals surface area (Å²) >= 11 is 0. The van der Waals surface area contributed by atoms with Crippen LogP contribution < -0.4 is 0 Å². The number of carbonyl (C=O) groups is 1. The predicted octanol–water partition coefficient (Wildman–Crippen LogP) is 4.29. The third kappa shape index (κ3) is 4.96. The van der Waals surface area contributed by atoms with E-state index in [0.29, 0.717) is 5.92 Å². The normalized spacial score (nSPS) is 21.3. The van der Waals surface area contributed by atoms with Crippen molar-refractivity contribution in [1.82, 2.24) is 0 Å². The summed E-state index contributed by atoms with van der Waals surface area (Å²) in [6, 6.07) is 0. The van der Waals surface area contributed by atoms with Gasteiger partial charge in [-0.3, -0.25) is 4.79 Å². The monoisotopic (exact) mass is 208 g/mol. The lowest BCUT2D eigenvalue weighted by Crippen LogP contribution is -2.06. The van der Waals surface area contributed by atoms with Crippen molar-refractivity contribution >= 4 is 5.78 Å². The van der Waals surface area contributed by atoms with Crippen LogP contribution in [-0.4, -0.2) is 5.78 Å². The van der Waals surface area contributed by atoms with Gasteiger partial charge in [-0.1, -0.05) is 32.4 Å². The molecule has 15 heavy (non-hydrogen) atoms. The van der Waals surface area contributed by atoms with Crippen LogP contribution in [0.25, 0.3) is 0 Å². The molecular weight excluding hydrogens is 184 g/mol. The van der Waals surface area contributed by atoms with Crippen LogP contribution in [0.3, 0.4) is 0 Å². The maximum absolute atomic E-state index is 10.8. The molecule has 0 saturated carbocycles. The van der Waals surface area contributed by atoms with E-state index in [1.165, 1.54) is 30.4 Å². The van der Waals surface area contributed by atoms with E-state index in [-0.39, 0.29) is 5.78 Å². The smallest absolute Gasteiger partial charge is 0.152 e. The van der Waals surface area contributed by atoms with Gasteiger partial charge in [0, 0.05) is 0 Å². The Bertz CT molecular complexity index is 259. The van der Waals surface area contributed by atoms with Gasteiger partial charge in [-0.2, -0.15) is 0 Å². The lowest BCUT2D eigenvalue weighted by molar-refractivity contribution is -0.112. The first-order valence-electron chi connectivity index (χ1n) is 5.99. The summed E-state index contributed by atoms with van der Waals surface area (Å²) in [4.78, 5) is 10.8. The highest BCUT2D eigenvalue weighted by atomic mass is 16.1. The van der Waals surface area contributed by atoms with Crippen molar-refractivity contribution in [2.24, 2.45) is 5.92 Å². The molecule has 0 fully saturated rings. The Kier molecular flexibility index (Phi) is 7.02. The van der Waals surface area contributed by atoms with E-state index in [2.05, 4.69) is 13.8 Å². The molecule has 0 aromatic carbocycles. The molecule has 0 aliphatic heterocycles. The van der Waals surface area contributed by atoms with Gasteiger partial charge in [-0.25, -0.2) is 0 Å². The van der Waals surface area contributed by atoms with Gasteiger partial charge < -0.3 is 0 Å². The first-order valence-corrected chi connectivity index (χ1v) is 5.99. The molecule has 1 heteroatoms. The molecule has 0 saturated heterocycles. The Morgan fingerprint density at radius 3 is 2.47 bits per heavy atom. The summed E-state index contributed by atoms with van der Waals surface area (Å²) in [7, 11) is 0. The lowest BCUT2D eigenvalue weighted by Gasteiger charge is -2.21. The summed E-state index contributed by atoms with van der Waals surface area (Å²) < 4.78 is 0. The molecule has 1 nitrogen and oxygen atoms in total. The molecule has 0 bridgehead atoms. The minimum atomic E-state index is 0.137. The molecule has 1 aliphatic rings. The van der Waals surface area contributed by atoms with Crippen LogP contribution >= 0.6 is 0 Å². The van der Waals surface area contributed by atoms with E-state index < -0.39 is 0 Å². The average Bonchev–Trinajstić information content (AvgIpc) is 2.20. The van der Waals surface area contributed by atoms with Gasteiger partial charge in [0.1, 0.15) is 0 Å². The molecule has 1 rings (SSSR count). The van der Waals surface area contributed by atoms with Crippen LogP contribution in [0.4, 0.5) is 0 Å². The Hall–Kier alpha value is -0.850. The van der Waals surface area contributed by atoms with Gasteiger partial charge in [0.2, 0.25) is 0 Å². The first kappa shape index (κ1) is 14.2. The lowest BCUT2D eigenvalue weighted by atomic mass is 9.84. The maximum Gasteiger partial charge on any atom is 0.152 e. The standard InChI is InChI=1S/C12H18O.C2H6/c1-9-5-4-6-10(2)12(9)8-7-11(3)13;1-2/h7-9H,4-6H2,1-3H3;1-2H3/b8-7+;. The fourth-order valence-corrected chi connectivity index (χ4v) is 1.91. The van der Waals surface area contributed by atoms with Crippen molar-refractivity contribution in [2.45, 2.75) is 53.9 Å². The largest absolute Gasteiger partial charge is 0.295 e. The van der Waals surface area contributed by atoms with Crippen LogP contribution in [0, 0.1) is 5.92 Å². The fourth-order valence-electron chi connectivity index (χ4n) is 1.91. The molecule has 0 aromatic heterocycles. The molecule has 0 heterocycles. The first-order chi connectivity index (χ1) is 7.11. The minimum Gasteiger partial charge on any atom is -0.295 e. The van der Waals surface area contributed by atoms with Crippen LogP contribution in [0.15, 0.2) is 23.3 Å². The zero-order valence-electron chi connectivity index (χ0n) is 10.8. The zero-order chi connectivity index (χ0) is 11.8. The highest BCUT2D eigenvalue weighted by Gasteiger charge is 2.14. The van der Waals surface area contributed by atoms with E-state index >= 15 is 0 Å². The third-order valence-corrected chi connectivity index (χ3v) is 2.71. The molecule has 1 atom stereocenters. The van der Waals surface area contributed by atoms with Crippen molar-refractivity contribution < 1.29 is 4.79 Å². The highest BCUT2D eigenvalue weighted by Crippen LogP contribution is 2.30. The summed E-state index contributed by atoms with van der Waals surface area (Å²) in [5, 5.41) is 0. The van der Waals surface area contributed by atoms with Crippen molar-refractivity contribution in [3.8, 4) is 0 Å². The highest BCUT2D eigenvalue weighted by molar-refractivity contribution is 5.87. The van der Waals surface area contributed by atoms with Gasteiger partial charge in [0.15, 0.2) is 5.78 Å². The van der Waals surface area contributed by atoms with Gasteiger partial charge >= 0.3 is 0 Å². The average molecular weight is 208 g/mol. The van der Waals surface area contributed by atoms with Gasteiger partial charge in [-0.05, 0) is 50.7 Å². The van der Waals surface area contributed by atoms with E-state index in [9.17, 15) is 4.79 Å². The van der Waals surface area contributed by atoms with Crippen molar-refractivity contribution in [1.29, 1.82) is 0 Å². The molecule has 1 unspecified atom stereocenters. The van der Waals surface area contributed by atoms with Crippen LogP contribution in [0.2, 0.25) is 0 Å². The Morgan fingerprint density at radius 1 is 1.40 bits per heavy atom. The SMILES string of the molecule is CC.CC(=O)/C=C/C1=C(C)CCCC1C. The summed E-state index contributed by atoms with van der Waals surface area (Å²) in [6.45, 7) is 10.0. The Morgan fingerprint density at radius 2 is 2.00 bits per heavy atom. The quantitative estimate of drug-likeness (QED) is 0.618. The summed E-state index contributed by atoms with van der Waals surface area (Å²) in [6.07, 6.45) is 7.43. The summed E-state index contributed by atoms with van der Waals surface area (Å²) in [5.74, 6) is 0.766. The number of carbonyl (C=O) groups excluding carboxylic acids is 1. The number of ketones is 1. The molecule has 0 radical (unpaired) electrons. The predicted molar refractivity (Wildman–Crippen MR) is 66.9 cm³/mol. The fraction of sp³-hybridized carbons (Fsp3) is 0.643. The summed E-state index contributed by atoms with van der Waals surface area (Å²) in [5.41, 5.74) is 2.83. The number of allylic oxidation sites excluding steroid dienone is 4. The maximum atomic E-state index is 10.8. The van der Waals surface area contributed by atoms with E-state index in [1.807, 2.05) is 19.9 Å². The van der Waals surface area contributed by atoms with Crippen LogP contribution in [-0.2, 0) is 4.79 Å². The second-order valence-corrected chi connectivity index (χ2v) is 3.97. The zero-order valence-corrected chi connectivity index (χ0v) is 10.8. The molecular formula is C14H24O. The minimum absolute atomic E-state index is 0.137. The van der Waals surface area contributed by atoms with E-state index in [4.69, 9.17) is 0 Å². The Balaban J connectivity index is 0.000000921. The van der Waals surface area contributed by atoms with Crippen molar-refractivity contribution in [3.63, 3.8) is 0 Å². The number of hydrogen-bond acceptors (Lipinski definition) is 1. The second-order valence-electron chi connectivity index (χ2n) is 3.97. The van der Waals surface area contributed by atoms with Gasteiger partial charge in [0.25, 0.3) is 0 Å². The second kappa shape index (κ2) is 7.44. The van der Waals surface area contributed by atoms with Crippen LogP contribution in [0.5, 0.6) is 0 Å². The molecule has 0 amide bonds.